The molecule has 2 saturated heterocycles. The first-order valence-electron chi connectivity index (χ1n) is 5.41. The smallest absolute Gasteiger partial charge is 0.234 e. The maximum Gasteiger partial charge on any atom is 0.234 e. The van der Waals surface area contributed by atoms with E-state index >= 15 is 0 Å². The molecule has 1 amide bonds. The van der Waals surface area contributed by atoms with Gasteiger partial charge < -0.3 is 10.6 Å². The van der Waals surface area contributed by atoms with Gasteiger partial charge >= 0.3 is 0 Å². The summed E-state index contributed by atoms with van der Waals surface area (Å²) in [6, 6.07) is 1.01. The summed E-state index contributed by atoms with van der Waals surface area (Å²) < 4.78 is 0. The van der Waals surface area contributed by atoms with Crippen molar-refractivity contribution in [2.45, 2.75) is 25.9 Å². The molecular formula is C10H19N3O. The molecule has 4 heteroatoms. The zero-order valence-electron chi connectivity index (χ0n) is 8.92. The molecule has 4 nitrogen and oxygen atoms in total. The number of hydrogen-bond donors (Lipinski definition) is 2. The summed E-state index contributed by atoms with van der Waals surface area (Å²) in [5.74, 6) is 0.782. The van der Waals surface area contributed by atoms with Gasteiger partial charge in [0.1, 0.15) is 0 Å². The van der Waals surface area contributed by atoms with E-state index in [0.29, 0.717) is 24.5 Å². The van der Waals surface area contributed by atoms with Crippen molar-refractivity contribution in [2.75, 3.05) is 26.2 Å². The second kappa shape index (κ2) is 3.87. The zero-order chi connectivity index (χ0) is 10.1. The maximum atomic E-state index is 11.3. The Kier molecular flexibility index (Phi) is 2.74. The van der Waals surface area contributed by atoms with Crippen molar-refractivity contribution >= 4 is 5.91 Å². The number of nitrogens with zero attached hydrogens (tertiary/aromatic N) is 1. The minimum absolute atomic E-state index is 0.175. The predicted molar refractivity (Wildman–Crippen MR) is 55.0 cm³/mol. The van der Waals surface area contributed by atoms with E-state index in [1.54, 1.807) is 0 Å². The van der Waals surface area contributed by atoms with Crippen molar-refractivity contribution in [3.63, 3.8) is 0 Å². The Hall–Kier alpha value is -0.610. The van der Waals surface area contributed by atoms with Gasteiger partial charge in [-0.05, 0) is 5.92 Å². The Balaban J connectivity index is 2.08. The fourth-order valence-electron chi connectivity index (χ4n) is 2.41. The molecule has 0 radical (unpaired) electrons. The highest BCUT2D eigenvalue weighted by molar-refractivity contribution is 5.79. The molecule has 2 aliphatic rings. The molecule has 2 N–H and O–H groups in total. The molecular weight excluding hydrogens is 178 g/mol. The number of rotatable bonds is 1. The van der Waals surface area contributed by atoms with Crippen LogP contribution in [0, 0.1) is 5.92 Å². The van der Waals surface area contributed by atoms with Gasteiger partial charge in [-0.1, -0.05) is 13.8 Å². The Labute approximate surface area is 85.0 Å². The standard InChI is InChI=1S/C10H19N3O/c1-7(2)9-5-11-3-8-4-12-10(14)6-13(8)9/h7-9,11H,3-6H2,1-2H3,(H,12,14). The van der Waals surface area contributed by atoms with Crippen molar-refractivity contribution in [1.82, 2.24) is 15.5 Å². The second-order valence-electron chi connectivity index (χ2n) is 4.60. The van der Waals surface area contributed by atoms with Crippen LogP contribution in [0.15, 0.2) is 0 Å². The van der Waals surface area contributed by atoms with Gasteiger partial charge in [-0.25, -0.2) is 0 Å². The van der Waals surface area contributed by atoms with Crippen LogP contribution in [0.5, 0.6) is 0 Å². The maximum absolute atomic E-state index is 11.3. The molecule has 0 aromatic rings. The Morgan fingerprint density at radius 3 is 2.86 bits per heavy atom. The molecule has 2 unspecified atom stereocenters. The van der Waals surface area contributed by atoms with Gasteiger partial charge in [-0.3, -0.25) is 9.69 Å². The van der Waals surface area contributed by atoms with E-state index in [1.807, 2.05) is 0 Å². The zero-order valence-corrected chi connectivity index (χ0v) is 8.92. The van der Waals surface area contributed by atoms with Crippen LogP contribution in [0.25, 0.3) is 0 Å². The lowest BCUT2D eigenvalue weighted by Gasteiger charge is -2.46. The summed E-state index contributed by atoms with van der Waals surface area (Å²) >= 11 is 0. The molecule has 0 bridgehead atoms. The van der Waals surface area contributed by atoms with E-state index in [-0.39, 0.29) is 5.91 Å². The van der Waals surface area contributed by atoms with Crippen LogP contribution in [0.1, 0.15) is 13.8 Å². The van der Waals surface area contributed by atoms with Gasteiger partial charge in [0, 0.05) is 31.7 Å². The van der Waals surface area contributed by atoms with Crippen LogP contribution in [-0.4, -0.2) is 49.1 Å². The first kappa shape index (κ1) is 9.93. The number of nitrogens with one attached hydrogen (secondary N) is 2. The van der Waals surface area contributed by atoms with Crippen LogP contribution < -0.4 is 10.6 Å². The molecule has 2 rings (SSSR count). The lowest BCUT2D eigenvalue weighted by molar-refractivity contribution is -0.127. The van der Waals surface area contributed by atoms with Gasteiger partial charge in [-0.15, -0.1) is 0 Å². The molecule has 80 valence electrons. The van der Waals surface area contributed by atoms with E-state index in [2.05, 4.69) is 29.4 Å². The largest absolute Gasteiger partial charge is 0.353 e. The molecule has 0 aromatic carbocycles. The van der Waals surface area contributed by atoms with Gasteiger partial charge in [-0.2, -0.15) is 0 Å². The second-order valence-corrected chi connectivity index (χ2v) is 4.60. The van der Waals surface area contributed by atoms with Crippen LogP contribution in [-0.2, 0) is 4.79 Å². The first-order valence-corrected chi connectivity index (χ1v) is 5.41. The SMILES string of the molecule is CC(C)C1CNCC2CNC(=O)CN21. The minimum atomic E-state index is 0.175. The molecule has 2 atom stereocenters. The average molecular weight is 197 g/mol. The van der Waals surface area contributed by atoms with Gasteiger partial charge in [0.15, 0.2) is 0 Å². The summed E-state index contributed by atoms with van der Waals surface area (Å²) in [6.07, 6.45) is 0. The van der Waals surface area contributed by atoms with E-state index in [9.17, 15) is 4.79 Å². The van der Waals surface area contributed by atoms with Crippen LogP contribution in [0.2, 0.25) is 0 Å². The molecule has 0 aromatic heterocycles. The Bertz CT molecular complexity index is 229. The third kappa shape index (κ3) is 1.77. The quantitative estimate of drug-likeness (QED) is 0.591. The monoisotopic (exact) mass is 197 g/mol. The average Bonchev–Trinajstić information content (AvgIpc) is 2.16. The van der Waals surface area contributed by atoms with Gasteiger partial charge in [0.05, 0.1) is 6.54 Å². The summed E-state index contributed by atoms with van der Waals surface area (Å²) in [4.78, 5) is 13.7. The molecule has 0 spiro atoms. The van der Waals surface area contributed by atoms with Crippen molar-refractivity contribution in [2.24, 2.45) is 5.92 Å². The third-order valence-electron chi connectivity index (χ3n) is 3.26. The summed E-state index contributed by atoms with van der Waals surface area (Å²) in [5, 5.41) is 6.36. The van der Waals surface area contributed by atoms with Gasteiger partial charge in [0.2, 0.25) is 5.91 Å². The van der Waals surface area contributed by atoms with Gasteiger partial charge in [0.25, 0.3) is 0 Å². The molecule has 2 fully saturated rings. The molecule has 2 aliphatic heterocycles. The van der Waals surface area contributed by atoms with E-state index in [1.165, 1.54) is 0 Å². The highest BCUT2D eigenvalue weighted by Gasteiger charge is 2.35. The van der Waals surface area contributed by atoms with Crippen molar-refractivity contribution in [3.05, 3.63) is 0 Å². The van der Waals surface area contributed by atoms with E-state index in [4.69, 9.17) is 0 Å². The van der Waals surface area contributed by atoms with Crippen LogP contribution >= 0.6 is 0 Å². The summed E-state index contributed by atoms with van der Waals surface area (Å²) in [5.41, 5.74) is 0. The van der Waals surface area contributed by atoms with Crippen molar-refractivity contribution in [1.29, 1.82) is 0 Å². The number of carbonyl (C=O) groups is 1. The fourth-order valence-corrected chi connectivity index (χ4v) is 2.41. The highest BCUT2D eigenvalue weighted by Crippen LogP contribution is 2.18. The predicted octanol–water partition coefficient (Wildman–Crippen LogP) is -0.585. The fraction of sp³-hybridized carbons (Fsp3) is 0.900. The van der Waals surface area contributed by atoms with Crippen molar-refractivity contribution < 1.29 is 4.79 Å². The number of hydrogen-bond acceptors (Lipinski definition) is 3. The molecule has 0 aliphatic carbocycles. The number of piperazine rings is 2. The van der Waals surface area contributed by atoms with Crippen molar-refractivity contribution in [3.8, 4) is 0 Å². The number of fused-ring (bicyclic) bond motifs is 1. The lowest BCUT2D eigenvalue weighted by Crippen LogP contribution is -2.66. The highest BCUT2D eigenvalue weighted by atomic mass is 16.2. The Morgan fingerprint density at radius 1 is 1.36 bits per heavy atom. The molecule has 2 heterocycles. The summed E-state index contributed by atoms with van der Waals surface area (Å²) in [7, 11) is 0. The van der Waals surface area contributed by atoms with E-state index in [0.717, 1.165) is 19.6 Å². The van der Waals surface area contributed by atoms with Crippen LogP contribution in [0.3, 0.4) is 0 Å². The Morgan fingerprint density at radius 2 is 2.14 bits per heavy atom. The summed E-state index contributed by atoms with van der Waals surface area (Å²) in [6.45, 7) is 7.84. The molecule has 14 heavy (non-hydrogen) atoms. The van der Waals surface area contributed by atoms with E-state index < -0.39 is 0 Å². The number of carbonyl (C=O) groups excluding carboxylic acids is 1. The lowest BCUT2D eigenvalue weighted by atomic mass is 9.96. The first-order chi connectivity index (χ1) is 6.68. The minimum Gasteiger partial charge on any atom is -0.353 e. The topological polar surface area (TPSA) is 44.4 Å². The third-order valence-corrected chi connectivity index (χ3v) is 3.26. The molecule has 0 saturated carbocycles. The van der Waals surface area contributed by atoms with Crippen LogP contribution in [0.4, 0.5) is 0 Å². The number of amides is 1. The normalized spacial score (nSPS) is 34.1.